The normalized spacial score (nSPS) is 30.3. The zero-order chi connectivity index (χ0) is 15.5. The molecule has 0 heterocycles. The molecule has 0 bridgehead atoms. The summed E-state index contributed by atoms with van der Waals surface area (Å²) in [4.78, 5) is 1.59. The van der Waals surface area contributed by atoms with Gasteiger partial charge >= 0.3 is 6.18 Å². The Morgan fingerprint density at radius 1 is 1.29 bits per heavy atom. The third-order valence-electron chi connectivity index (χ3n) is 4.98. The summed E-state index contributed by atoms with van der Waals surface area (Å²) < 4.78 is 37.9. The molecule has 2 atom stereocenters. The molecule has 2 fully saturated rings. The first kappa shape index (κ1) is 17.0. The number of rotatable bonds is 8. The number of alkyl halides is 3. The number of hydrogen-bond donors (Lipinski definition) is 2. The molecule has 2 aliphatic rings. The van der Waals surface area contributed by atoms with Crippen LogP contribution in [-0.2, 0) is 0 Å². The number of aliphatic hydroxyl groups is 1. The topological polar surface area (TPSA) is 35.5 Å². The second-order valence-corrected chi connectivity index (χ2v) is 6.54. The average Bonchev–Trinajstić information content (AvgIpc) is 3.17. The Hall–Kier alpha value is -0.330. The molecule has 2 saturated carbocycles. The van der Waals surface area contributed by atoms with Crippen molar-refractivity contribution in [1.82, 2.24) is 10.2 Å². The van der Waals surface area contributed by atoms with Crippen molar-refractivity contribution in [3.63, 3.8) is 0 Å². The first-order valence-electron chi connectivity index (χ1n) is 8.07. The maximum Gasteiger partial charge on any atom is 0.401 e. The van der Waals surface area contributed by atoms with Crippen LogP contribution in [0.4, 0.5) is 13.2 Å². The molecule has 21 heavy (non-hydrogen) atoms. The van der Waals surface area contributed by atoms with E-state index in [0.717, 1.165) is 45.1 Å². The van der Waals surface area contributed by atoms with E-state index in [1.807, 2.05) is 6.92 Å². The molecule has 2 aliphatic carbocycles. The Morgan fingerprint density at radius 2 is 2.00 bits per heavy atom. The monoisotopic (exact) mass is 308 g/mol. The van der Waals surface area contributed by atoms with E-state index in [0.29, 0.717) is 6.54 Å². The van der Waals surface area contributed by atoms with E-state index in [2.05, 4.69) is 5.32 Å². The lowest BCUT2D eigenvalue weighted by Gasteiger charge is -2.36. The lowest BCUT2D eigenvalue weighted by Crippen LogP contribution is -2.52. The minimum atomic E-state index is -4.12. The second-order valence-electron chi connectivity index (χ2n) is 6.54. The molecule has 0 aromatic carbocycles. The minimum Gasteiger partial charge on any atom is -0.394 e. The largest absolute Gasteiger partial charge is 0.401 e. The van der Waals surface area contributed by atoms with Crippen molar-refractivity contribution in [2.24, 2.45) is 5.92 Å². The van der Waals surface area contributed by atoms with Gasteiger partial charge in [-0.3, -0.25) is 4.90 Å². The summed E-state index contributed by atoms with van der Waals surface area (Å²) in [5, 5.41) is 13.1. The number of nitrogens with one attached hydrogen (secondary N) is 1. The van der Waals surface area contributed by atoms with Crippen molar-refractivity contribution in [1.29, 1.82) is 0 Å². The van der Waals surface area contributed by atoms with Crippen LogP contribution >= 0.6 is 0 Å². The number of nitrogens with zero attached hydrogens (tertiary/aromatic N) is 1. The van der Waals surface area contributed by atoms with E-state index >= 15 is 0 Å². The van der Waals surface area contributed by atoms with Crippen molar-refractivity contribution in [2.75, 3.05) is 26.2 Å². The maximum absolute atomic E-state index is 12.6. The molecular weight excluding hydrogens is 281 g/mol. The fraction of sp³-hybridized carbons (Fsp3) is 1.00. The molecule has 2 rings (SSSR count). The summed E-state index contributed by atoms with van der Waals surface area (Å²) in [7, 11) is 0. The Morgan fingerprint density at radius 3 is 2.52 bits per heavy atom. The summed E-state index contributed by atoms with van der Waals surface area (Å²) in [5.74, 6) is 0.275. The zero-order valence-corrected chi connectivity index (χ0v) is 12.8. The number of likely N-dealkylation sites (N-methyl/N-ethyl adjacent to an activating group) is 1. The second kappa shape index (κ2) is 6.84. The molecule has 0 spiro atoms. The molecule has 0 saturated heterocycles. The van der Waals surface area contributed by atoms with Crippen LogP contribution in [0.25, 0.3) is 0 Å². The molecule has 0 amide bonds. The molecular formula is C15H27F3N2O. The molecule has 0 aromatic rings. The fourth-order valence-electron chi connectivity index (χ4n) is 3.80. The van der Waals surface area contributed by atoms with Crippen LogP contribution in [0.5, 0.6) is 0 Å². The molecule has 124 valence electrons. The van der Waals surface area contributed by atoms with E-state index in [-0.39, 0.29) is 24.1 Å². The molecule has 6 heteroatoms. The van der Waals surface area contributed by atoms with Gasteiger partial charge in [-0.25, -0.2) is 0 Å². The van der Waals surface area contributed by atoms with E-state index in [9.17, 15) is 18.3 Å². The highest BCUT2D eigenvalue weighted by molar-refractivity contribution is 4.99. The van der Waals surface area contributed by atoms with Crippen LogP contribution in [-0.4, -0.2) is 54.0 Å². The Balaban J connectivity index is 1.90. The van der Waals surface area contributed by atoms with Crippen LogP contribution in [0, 0.1) is 5.92 Å². The van der Waals surface area contributed by atoms with Gasteiger partial charge in [0.25, 0.3) is 0 Å². The predicted octanol–water partition coefficient (Wildman–Crippen LogP) is 2.54. The Kier molecular flexibility index (Phi) is 5.54. The predicted molar refractivity (Wildman–Crippen MR) is 76.1 cm³/mol. The number of hydrogen-bond acceptors (Lipinski definition) is 3. The van der Waals surface area contributed by atoms with E-state index in [1.54, 1.807) is 4.90 Å². The molecule has 0 aliphatic heterocycles. The Bertz CT molecular complexity index is 333. The van der Waals surface area contributed by atoms with Crippen molar-refractivity contribution in [2.45, 2.75) is 63.2 Å². The van der Waals surface area contributed by atoms with Crippen molar-refractivity contribution in [3.05, 3.63) is 0 Å². The highest BCUT2D eigenvalue weighted by Crippen LogP contribution is 2.39. The van der Waals surface area contributed by atoms with Gasteiger partial charge in [0.15, 0.2) is 0 Å². The van der Waals surface area contributed by atoms with Crippen molar-refractivity contribution in [3.8, 4) is 0 Å². The molecule has 2 unspecified atom stereocenters. The van der Waals surface area contributed by atoms with Crippen LogP contribution in [0.1, 0.15) is 45.4 Å². The summed E-state index contributed by atoms with van der Waals surface area (Å²) in [6.07, 6.45) is 1.36. The van der Waals surface area contributed by atoms with Gasteiger partial charge in [0.1, 0.15) is 0 Å². The van der Waals surface area contributed by atoms with Gasteiger partial charge in [0.05, 0.1) is 13.2 Å². The van der Waals surface area contributed by atoms with E-state index in [1.165, 1.54) is 0 Å². The highest BCUT2D eigenvalue weighted by Gasteiger charge is 2.43. The standard InChI is InChI=1S/C15H27F3N2O/c1-2-19-14(11-21)8-3-4-12(14)7-9-20(13-5-6-13)10-15(16,17)18/h12-13,19,21H,2-11H2,1H3. The van der Waals surface area contributed by atoms with Crippen LogP contribution in [0.15, 0.2) is 0 Å². The van der Waals surface area contributed by atoms with E-state index < -0.39 is 12.7 Å². The van der Waals surface area contributed by atoms with E-state index in [4.69, 9.17) is 0 Å². The third-order valence-corrected chi connectivity index (χ3v) is 4.98. The number of aliphatic hydroxyl groups excluding tert-OH is 1. The number of halogens is 3. The summed E-state index contributed by atoms with van der Waals surface area (Å²) in [6.45, 7) is 2.56. The maximum atomic E-state index is 12.6. The smallest absolute Gasteiger partial charge is 0.394 e. The highest BCUT2D eigenvalue weighted by atomic mass is 19.4. The minimum absolute atomic E-state index is 0.0776. The van der Waals surface area contributed by atoms with Gasteiger partial charge in [-0.05, 0) is 51.1 Å². The summed E-state index contributed by atoms with van der Waals surface area (Å²) >= 11 is 0. The zero-order valence-electron chi connectivity index (χ0n) is 12.8. The van der Waals surface area contributed by atoms with Gasteiger partial charge < -0.3 is 10.4 Å². The molecule has 2 N–H and O–H groups in total. The van der Waals surface area contributed by atoms with Crippen LogP contribution in [0.2, 0.25) is 0 Å². The summed E-state index contributed by atoms with van der Waals surface area (Å²) in [6, 6.07) is 0.121. The third kappa shape index (κ3) is 4.57. The van der Waals surface area contributed by atoms with Crippen molar-refractivity contribution < 1.29 is 18.3 Å². The fourth-order valence-corrected chi connectivity index (χ4v) is 3.80. The molecule has 0 aromatic heterocycles. The summed E-state index contributed by atoms with van der Waals surface area (Å²) in [5.41, 5.74) is -0.276. The first-order valence-corrected chi connectivity index (χ1v) is 8.07. The van der Waals surface area contributed by atoms with Gasteiger partial charge in [-0.1, -0.05) is 13.3 Å². The average molecular weight is 308 g/mol. The van der Waals surface area contributed by atoms with Gasteiger partial charge in [0, 0.05) is 11.6 Å². The van der Waals surface area contributed by atoms with Crippen molar-refractivity contribution >= 4 is 0 Å². The van der Waals surface area contributed by atoms with Crippen LogP contribution in [0.3, 0.4) is 0 Å². The lowest BCUT2D eigenvalue weighted by atomic mass is 9.85. The van der Waals surface area contributed by atoms with Gasteiger partial charge in [-0.2, -0.15) is 13.2 Å². The SMILES string of the molecule is CCNC1(CO)CCCC1CCN(CC(F)(F)F)C1CC1. The van der Waals surface area contributed by atoms with Gasteiger partial charge in [-0.15, -0.1) is 0 Å². The molecule has 3 nitrogen and oxygen atoms in total. The quantitative estimate of drug-likeness (QED) is 0.723. The van der Waals surface area contributed by atoms with Gasteiger partial charge in [0.2, 0.25) is 0 Å². The first-order chi connectivity index (χ1) is 9.90. The van der Waals surface area contributed by atoms with Crippen LogP contribution < -0.4 is 5.32 Å². The Labute approximate surface area is 124 Å². The lowest BCUT2D eigenvalue weighted by molar-refractivity contribution is -0.147. The molecule has 0 radical (unpaired) electrons.